The standard InChI is InChI=1S/C19H24BrN3O/c1-13-4-6-14(7-5-13)15-10-16(12-22(2)11-15)21-17-8-9-23(3)19(24)18(17)20/h4-9,15-16,21H,10-12H2,1-3H3. The van der Waals surface area contributed by atoms with Gasteiger partial charge in [0.15, 0.2) is 0 Å². The second-order valence-electron chi connectivity index (χ2n) is 6.87. The molecule has 1 saturated heterocycles. The first-order valence-corrected chi connectivity index (χ1v) is 9.10. The van der Waals surface area contributed by atoms with E-state index in [4.69, 9.17) is 0 Å². The van der Waals surface area contributed by atoms with Crippen LogP contribution in [0.15, 0.2) is 45.8 Å². The summed E-state index contributed by atoms with van der Waals surface area (Å²) in [6.45, 7) is 4.16. The topological polar surface area (TPSA) is 37.3 Å². The summed E-state index contributed by atoms with van der Waals surface area (Å²) in [5.41, 5.74) is 3.55. The molecule has 2 aromatic rings. The van der Waals surface area contributed by atoms with E-state index in [1.807, 2.05) is 6.07 Å². The molecule has 1 N–H and O–H groups in total. The first-order valence-electron chi connectivity index (χ1n) is 8.31. The molecule has 2 unspecified atom stereocenters. The van der Waals surface area contributed by atoms with E-state index in [0.29, 0.717) is 16.4 Å². The van der Waals surface area contributed by atoms with Gasteiger partial charge in [0.25, 0.3) is 5.56 Å². The minimum Gasteiger partial charge on any atom is -0.380 e. The lowest BCUT2D eigenvalue weighted by Crippen LogP contribution is -2.43. The monoisotopic (exact) mass is 389 g/mol. The van der Waals surface area contributed by atoms with Crippen LogP contribution in [0.2, 0.25) is 0 Å². The predicted molar refractivity (Wildman–Crippen MR) is 103 cm³/mol. The van der Waals surface area contributed by atoms with Gasteiger partial charge in [-0.2, -0.15) is 0 Å². The number of hydrogen-bond acceptors (Lipinski definition) is 3. The molecule has 3 rings (SSSR count). The number of hydrogen-bond donors (Lipinski definition) is 1. The summed E-state index contributed by atoms with van der Waals surface area (Å²) >= 11 is 3.43. The zero-order valence-corrected chi connectivity index (χ0v) is 16.0. The predicted octanol–water partition coefficient (Wildman–Crippen LogP) is 3.36. The van der Waals surface area contributed by atoms with Crippen LogP contribution < -0.4 is 10.9 Å². The molecule has 24 heavy (non-hydrogen) atoms. The average Bonchev–Trinajstić information content (AvgIpc) is 2.55. The SMILES string of the molecule is Cc1ccc(C2CC(Nc3ccn(C)c(=O)c3Br)CN(C)C2)cc1. The number of likely N-dealkylation sites (tertiary alicyclic amines) is 1. The molecule has 0 aliphatic carbocycles. The van der Waals surface area contributed by atoms with E-state index in [2.05, 4.69) is 64.4 Å². The lowest BCUT2D eigenvalue weighted by Gasteiger charge is -2.37. The fourth-order valence-electron chi connectivity index (χ4n) is 3.43. The molecule has 1 aliphatic rings. The van der Waals surface area contributed by atoms with Gasteiger partial charge in [0.05, 0.1) is 5.69 Å². The van der Waals surface area contributed by atoms with Crippen LogP contribution in [0.1, 0.15) is 23.5 Å². The molecule has 1 fully saturated rings. The van der Waals surface area contributed by atoms with Gasteiger partial charge in [-0.05, 0) is 53.9 Å². The fraction of sp³-hybridized carbons (Fsp3) is 0.421. The first kappa shape index (κ1) is 17.2. The number of halogens is 1. The highest BCUT2D eigenvalue weighted by atomic mass is 79.9. The molecule has 0 radical (unpaired) electrons. The van der Waals surface area contributed by atoms with E-state index in [1.165, 1.54) is 11.1 Å². The molecule has 1 aromatic heterocycles. The summed E-state index contributed by atoms with van der Waals surface area (Å²) < 4.78 is 2.18. The summed E-state index contributed by atoms with van der Waals surface area (Å²) in [5.74, 6) is 0.507. The largest absolute Gasteiger partial charge is 0.380 e. The van der Waals surface area contributed by atoms with E-state index in [9.17, 15) is 4.79 Å². The molecule has 1 aromatic carbocycles. The molecule has 1 aliphatic heterocycles. The molecule has 128 valence electrons. The van der Waals surface area contributed by atoms with E-state index in [-0.39, 0.29) is 5.56 Å². The lowest BCUT2D eigenvalue weighted by atomic mass is 9.88. The van der Waals surface area contributed by atoms with Crippen molar-refractivity contribution in [3.05, 3.63) is 62.5 Å². The summed E-state index contributed by atoms with van der Waals surface area (Å²) in [4.78, 5) is 14.4. The van der Waals surface area contributed by atoms with Gasteiger partial charge in [0.2, 0.25) is 0 Å². The Morgan fingerprint density at radius 3 is 2.54 bits per heavy atom. The highest BCUT2D eigenvalue weighted by molar-refractivity contribution is 9.10. The second kappa shape index (κ2) is 7.11. The molecule has 2 atom stereocenters. The van der Waals surface area contributed by atoms with Crippen molar-refractivity contribution < 1.29 is 0 Å². The fourth-order valence-corrected chi connectivity index (χ4v) is 3.96. The Labute approximate surface area is 151 Å². The maximum atomic E-state index is 12.1. The van der Waals surface area contributed by atoms with Crippen LogP contribution in [0.25, 0.3) is 0 Å². The highest BCUT2D eigenvalue weighted by Crippen LogP contribution is 2.29. The minimum absolute atomic E-state index is 0.0146. The number of aryl methyl sites for hydroxylation is 2. The number of likely N-dealkylation sites (N-methyl/N-ethyl adjacent to an activating group) is 1. The van der Waals surface area contributed by atoms with Crippen LogP contribution in [-0.2, 0) is 7.05 Å². The second-order valence-corrected chi connectivity index (χ2v) is 7.66. The van der Waals surface area contributed by atoms with Crippen molar-refractivity contribution in [1.82, 2.24) is 9.47 Å². The Morgan fingerprint density at radius 2 is 1.83 bits per heavy atom. The Bertz CT molecular complexity index is 769. The third-order valence-corrected chi connectivity index (χ3v) is 5.52. The van der Waals surface area contributed by atoms with E-state index in [0.717, 1.165) is 25.2 Å². The van der Waals surface area contributed by atoms with Gasteiger partial charge >= 0.3 is 0 Å². The van der Waals surface area contributed by atoms with Gasteiger partial charge in [-0.15, -0.1) is 0 Å². The number of pyridine rings is 1. The van der Waals surface area contributed by atoms with Gasteiger partial charge in [0, 0.05) is 32.4 Å². The third-order valence-electron chi connectivity index (χ3n) is 4.75. The van der Waals surface area contributed by atoms with Gasteiger partial charge < -0.3 is 14.8 Å². The van der Waals surface area contributed by atoms with Crippen molar-refractivity contribution in [1.29, 1.82) is 0 Å². The molecule has 5 heteroatoms. The summed E-state index contributed by atoms with van der Waals surface area (Å²) in [7, 11) is 3.92. The van der Waals surface area contributed by atoms with Crippen molar-refractivity contribution in [2.75, 3.05) is 25.5 Å². The van der Waals surface area contributed by atoms with Crippen LogP contribution in [0.5, 0.6) is 0 Å². The van der Waals surface area contributed by atoms with E-state index < -0.39 is 0 Å². The molecule has 0 spiro atoms. The molecular weight excluding hydrogens is 366 g/mol. The molecule has 0 saturated carbocycles. The Morgan fingerprint density at radius 1 is 1.12 bits per heavy atom. The number of aromatic nitrogens is 1. The van der Waals surface area contributed by atoms with Crippen LogP contribution >= 0.6 is 15.9 Å². The number of nitrogens with zero attached hydrogens (tertiary/aromatic N) is 2. The molecule has 0 bridgehead atoms. The van der Waals surface area contributed by atoms with Crippen LogP contribution in [-0.4, -0.2) is 35.6 Å². The van der Waals surface area contributed by atoms with Gasteiger partial charge in [0.1, 0.15) is 4.47 Å². The van der Waals surface area contributed by atoms with E-state index >= 15 is 0 Å². The highest BCUT2D eigenvalue weighted by Gasteiger charge is 2.26. The first-order chi connectivity index (χ1) is 11.4. The molecule has 0 amide bonds. The number of benzene rings is 1. The zero-order valence-electron chi connectivity index (χ0n) is 14.4. The van der Waals surface area contributed by atoms with Gasteiger partial charge in [-0.3, -0.25) is 4.79 Å². The third kappa shape index (κ3) is 3.73. The summed E-state index contributed by atoms with van der Waals surface area (Å²) in [6.07, 6.45) is 2.87. The average molecular weight is 390 g/mol. The van der Waals surface area contributed by atoms with Crippen molar-refractivity contribution >= 4 is 21.6 Å². The molecular formula is C19H24BrN3O. The summed E-state index contributed by atoms with van der Waals surface area (Å²) in [6, 6.07) is 11.1. The zero-order chi connectivity index (χ0) is 17.3. The smallest absolute Gasteiger partial charge is 0.266 e. The normalized spacial score (nSPS) is 21.7. The van der Waals surface area contributed by atoms with Crippen LogP contribution in [0.3, 0.4) is 0 Å². The lowest BCUT2D eigenvalue weighted by molar-refractivity contribution is 0.235. The maximum absolute atomic E-state index is 12.1. The number of anilines is 1. The minimum atomic E-state index is -0.0146. The van der Waals surface area contributed by atoms with Gasteiger partial charge in [-0.1, -0.05) is 29.8 Å². The van der Waals surface area contributed by atoms with Gasteiger partial charge in [-0.25, -0.2) is 0 Å². The summed E-state index contributed by atoms with van der Waals surface area (Å²) in [5, 5.41) is 3.56. The Balaban J connectivity index is 1.78. The molecule has 4 nitrogen and oxygen atoms in total. The van der Waals surface area contributed by atoms with Crippen LogP contribution in [0, 0.1) is 6.92 Å². The molecule has 2 heterocycles. The Kier molecular flexibility index (Phi) is 5.11. The Hall–Kier alpha value is -1.59. The van der Waals surface area contributed by atoms with Crippen molar-refractivity contribution in [3.63, 3.8) is 0 Å². The number of nitrogens with one attached hydrogen (secondary N) is 1. The van der Waals surface area contributed by atoms with E-state index in [1.54, 1.807) is 17.8 Å². The quantitative estimate of drug-likeness (QED) is 0.874. The maximum Gasteiger partial charge on any atom is 0.266 e. The number of piperidine rings is 1. The van der Waals surface area contributed by atoms with Crippen molar-refractivity contribution in [3.8, 4) is 0 Å². The number of rotatable bonds is 3. The van der Waals surface area contributed by atoms with Crippen molar-refractivity contribution in [2.45, 2.75) is 25.3 Å². The van der Waals surface area contributed by atoms with Crippen molar-refractivity contribution in [2.24, 2.45) is 7.05 Å². The van der Waals surface area contributed by atoms with Crippen LogP contribution in [0.4, 0.5) is 5.69 Å².